The van der Waals surface area contributed by atoms with Crippen LogP contribution < -0.4 is 4.74 Å². The second-order valence-corrected chi connectivity index (χ2v) is 3.74. The number of carbonyl (C=O) groups excluding carboxylic acids is 1. The van der Waals surface area contributed by atoms with E-state index < -0.39 is 5.97 Å². The number of benzene rings is 1. The van der Waals surface area contributed by atoms with E-state index in [1.807, 2.05) is 6.92 Å². The molecular formula is C13H15NO4. The van der Waals surface area contributed by atoms with Crippen molar-refractivity contribution in [1.29, 1.82) is 0 Å². The zero-order valence-corrected chi connectivity index (χ0v) is 10.3. The molecule has 0 saturated heterocycles. The first-order chi connectivity index (χ1) is 8.65. The van der Waals surface area contributed by atoms with Crippen LogP contribution in [0.5, 0.6) is 11.5 Å². The molecule has 5 heteroatoms. The number of hydrogen-bond acceptors (Lipinski definition) is 4. The fourth-order valence-electron chi connectivity index (χ4n) is 1.74. The number of nitrogens with one attached hydrogen (secondary N) is 1. The molecule has 1 heterocycles. The number of ether oxygens (including phenoxy) is 2. The van der Waals surface area contributed by atoms with Crippen molar-refractivity contribution in [2.45, 2.75) is 13.8 Å². The number of phenols is 1. The highest BCUT2D eigenvalue weighted by Gasteiger charge is 2.12. The molecule has 0 radical (unpaired) electrons. The summed E-state index contributed by atoms with van der Waals surface area (Å²) in [4.78, 5) is 14.5. The number of rotatable bonds is 4. The van der Waals surface area contributed by atoms with Crippen LogP contribution in [-0.4, -0.2) is 29.3 Å². The lowest BCUT2D eigenvalue weighted by Crippen LogP contribution is -2.04. The van der Waals surface area contributed by atoms with Crippen LogP contribution in [0.3, 0.4) is 0 Å². The molecule has 2 N–H and O–H groups in total. The standard InChI is InChI=1S/C13H15NO4/c1-3-17-12-6-8-5-10(13(16)18-4-2)14-9(8)7-11(12)15/h5-7,14-15H,3-4H2,1-2H3. The van der Waals surface area contributed by atoms with E-state index in [1.165, 1.54) is 6.07 Å². The minimum absolute atomic E-state index is 0.0432. The van der Waals surface area contributed by atoms with Gasteiger partial charge in [0.15, 0.2) is 11.5 Å². The molecule has 96 valence electrons. The van der Waals surface area contributed by atoms with Gasteiger partial charge < -0.3 is 19.6 Å². The van der Waals surface area contributed by atoms with Gasteiger partial charge in [0.2, 0.25) is 0 Å². The Morgan fingerprint density at radius 3 is 2.72 bits per heavy atom. The van der Waals surface area contributed by atoms with Crippen LogP contribution in [0.4, 0.5) is 0 Å². The zero-order valence-electron chi connectivity index (χ0n) is 10.3. The Morgan fingerprint density at radius 2 is 2.06 bits per heavy atom. The lowest BCUT2D eigenvalue weighted by Gasteiger charge is -2.04. The van der Waals surface area contributed by atoms with Crippen LogP contribution in [0.1, 0.15) is 24.3 Å². The summed E-state index contributed by atoms with van der Waals surface area (Å²) in [6.45, 7) is 4.38. The molecule has 0 aliphatic heterocycles. The molecule has 0 fully saturated rings. The van der Waals surface area contributed by atoms with Gasteiger partial charge in [-0.25, -0.2) is 4.79 Å². The van der Waals surface area contributed by atoms with Crippen molar-refractivity contribution < 1.29 is 19.4 Å². The number of H-pyrrole nitrogens is 1. The smallest absolute Gasteiger partial charge is 0.354 e. The van der Waals surface area contributed by atoms with E-state index in [0.717, 1.165) is 5.39 Å². The molecule has 2 aromatic rings. The van der Waals surface area contributed by atoms with Crippen LogP contribution in [0, 0.1) is 0 Å². The van der Waals surface area contributed by atoms with Gasteiger partial charge in [-0.05, 0) is 26.0 Å². The second-order valence-electron chi connectivity index (χ2n) is 3.74. The highest BCUT2D eigenvalue weighted by Crippen LogP contribution is 2.31. The topological polar surface area (TPSA) is 71.6 Å². The van der Waals surface area contributed by atoms with Crippen LogP contribution in [0.25, 0.3) is 10.9 Å². The molecule has 0 aliphatic carbocycles. The average Bonchev–Trinajstić information content (AvgIpc) is 2.73. The third-order valence-electron chi connectivity index (χ3n) is 2.50. The summed E-state index contributed by atoms with van der Waals surface area (Å²) in [7, 11) is 0. The Labute approximate surface area is 104 Å². The lowest BCUT2D eigenvalue weighted by molar-refractivity contribution is 0.0520. The molecule has 2 rings (SSSR count). The molecule has 0 bridgehead atoms. The number of carbonyl (C=O) groups is 1. The van der Waals surface area contributed by atoms with Crippen molar-refractivity contribution in [2.24, 2.45) is 0 Å². The predicted molar refractivity (Wildman–Crippen MR) is 67.1 cm³/mol. The first-order valence-electron chi connectivity index (χ1n) is 5.81. The fourth-order valence-corrected chi connectivity index (χ4v) is 1.74. The number of hydrogen-bond donors (Lipinski definition) is 2. The van der Waals surface area contributed by atoms with Gasteiger partial charge in [0.05, 0.1) is 18.7 Å². The molecule has 0 amide bonds. The van der Waals surface area contributed by atoms with E-state index in [2.05, 4.69) is 4.98 Å². The molecule has 0 saturated carbocycles. The number of phenolic OH excluding ortho intramolecular Hbond substituents is 1. The molecular weight excluding hydrogens is 234 g/mol. The van der Waals surface area contributed by atoms with E-state index in [4.69, 9.17) is 9.47 Å². The van der Waals surface area contributed by atoms with E-state index in [9.17, 15) is 9.90 Å². The molecule has 18 heavy (non-hydrogen) atoms. The Hall–Kier alpha value is -2.17. The second kappa shape index (κ2) is 5.00. The molecule has 5 nitrogen and oxygen atoms in total. The van der Waals surface area contributed by atoms with Gasteiger partial charge in [-0.2, -0.15) is 0 Å². The highest BCUT2D eigenvalue weighted by molar-refractivity contribution is 5.95. The van der Waals surface area contributed by atoms with Crippen LogP contribution in [0.2, 0.25) is 0 Å². The Kier molecular flexibility index (Phi) is 3.41. The molecule has 0 spiro atoms. The maximum absolute atomic E-state index is 11.6. The van der Waals surface area contributed by atoms with Crippen LogP contribution in [-0.2, 0) is 4.74 Å². The average molecular weight is 249 g/mol. The third-order valence-corrected chi connectivity index (χ3v) is 2.50. The molecule has 1 aromatic heterocycles. The highest BCUT2D eigenvalue weighted by atomic mass is 16.5. The number of aromatic nitrogens is 1. The summed E-state index contributed by atoms with van der Waals surface area (Å²) >= 11 is 0. The number of aromatic hydroxyl groups is 1. The van der Waals surface area contributed by atoms with Gasteiger partial charge in [0.25, 0.3) is 0 Å². The maximum Gasteiger partial charge on any atom is 0.354 e. The van der Waals surface area contributed by atoms with Gasteiger partial charge in [-0.1, -0.05) is 0 Å². The Bertz CT molecular complexity index is 574. The van der Waals surface area contributed by atoms with Crippen molar-refractivity contribution >= 4 is 16.9 Å². The summed E-state index contributed by atoms with van der Waals surface area (Å²) in [5, 5.41) is 10.5. The number of esters is 1. The maximum atomic E-state index is 11.6. The van der Waals surface area contributed by atoms with Crippen molar-refractivity contribution in [3.8, 4) is 11.5 Å². The normalized spacial score (nSPS) is 10.6. The van der Waals surface area contributed by atoms with Gasteiger partial charge in [-0.3, -0.25) is 0 Å². The minimum Gasteiger partial charge on any atom is -0.504 e. The van der Waals surface area contributed by atoms with E-state index >= 15 is 0 Å². The number of fused-ring (bicyclic) bond motifs is 1. The largest absolute Gasteiger partial charge is 0.504 e. The van der Waals surface area contributed by atoms with E-state index in [1.54, 1.807) is 19.1 Å². The van der Waals surface area contributed by atoms with Gasteiger partial charge in [-0.15, -0.1) is 0 Å². The first-order valence-corrected chi connectivity index (χ1v) is 5.81. The number of aromatic amines is 1. The first kappa shape index (κ1) is 12.3. The summed E-state index contributed by atoms with van der Waals surface area (Å²) in [6.07, 6.45) is 0. The van der Waals surface area contributed by atoms with E-state index in [-0.39, 0.29) is 5.75 Å². The van der Waals surface area contributed by atoms with Crippen molar-refractivity contribution in [3.63, 3.8) is 0 Å². The minimum atomic E-state index is -0.411. The third kappa shape index (κ3) is 2.25. The summed E-state index contributed by atoms with van der Waals surface area (Å²) in [6, 6.07) is 4.89. The van der Waals surface area contributed by atoms with Crippen molar-refractivity contribution in [1.82, 2.24) is 4.98 Å². The Balaban J connectivity index is 2.42. The molecule has 0 atom stereocenters. The SMILES string of the molecule is CCOC(=O)c1cc2cc(OCC)c(O)cc2[nH]1. The lowest BCUT2D eigenvalue weighted by atomic mass is 10.2. The van der Waals surface area contributed by atoms with Gasteiger partial charge >= 0.3 is 5.97 Å². The quantitative estimate of drug-likeness (QED) is 0.816. The molecule has 0 aliphatic rings. The van der Waals surface area contributed by atoms with Crippen molar-refractivity contribution in [3.05, 3.63) is 23.9 Å². The van der Waals surface area contributed by atoms with Crippen LogP contribution in [0.15, 0.2) is 18.2 Å². The van der Waals surface area contributed by atoms with E-state index in [0.29, 0.717) is 30.2 Å². The molecule has 1 aromatic carbocycles. The monoisotopic (exact) mass is 249 g/mol. The zero-order chi connectivity index (χ0) is 13.1. The van der Waals surface area contributed by atoms with Crippen molar-refractivity contribution in [2.75, 3.05) is 13.2 Å². The summed E-state index contributed by atoms with van der Waals surface area (Å²) in [5.41, 5.74) is 1.03. The van der Waals surface area contributed by atoms with Gasteiger partial charge in [0, 0.05) is 11.5 Å². The summed E-state index contributed by atoms with van der Waals surface area (Å²) < 4.78 is 10.2. The summed E-state index contributed by atoms with van der Waals surface area (Å²) in [5.74, 6) is 0.0344. The Morgan fingerprint density at radius 1 is 1.28 bits per heavy atom. The molecule has 0 unspecified atom stereocenters. The van der Waals surface area contributed by atoms with Gasteiger partial charge in [0.1, 0.15) is 5.69 Å². The fraction of sp³-hybridized carbons (Fsp3) is 0.308. The van der Waals surface area contributed by atoms with Crippen LogP contribution >= 0.6 is 0 Å². The predicted octanol–water partition coefficient (Wildman–Crippen LogP) is 2.45.